The maximum atomic E-state index is 13.2. The Morgan fingerprint density at radius 3 is 2.62 bits per heavy atom. The molecule has 1 aromatic carbocycles. The Kier molecular flexibility index (Phi) is 5.11. The van der Waals surface area contributed by atoms with Crippen molar-refractivity contribution in [2.45, 2.75) is 52.1 Å². The highest BCUT2D eigenvalue weighted by molar-refractivity contribution is 5.98. The van der Waals surface area contributed by atoms with Crippen molar-refractivity contribution in [3.8, 4) is 0 Å². The van der Waals surface area contributed by atoms with Crippen molar-refractivity contribution in [2.75, 3.05) is 6.54 Å². The van der Waals surface area contributed by atoms with Gasteiger partial charge in [0.25, 0.3) is 5.91 Å². The van der Waals surface area contributed by atoms with Crippen LogP contribution in [0.1, 0.15) is 66.0 Å². The van der Waals surface area contributed by atoms with Crippen LogP contribution in [0.25, 0.3) is 0 Å². The monoisotopic (exact) mass is 355 g/mol. The normalized spacial score (nSPS) is 16.6. The minimum absolute atomic E-state index is 0.244. The number of aliphatic carboxylic acids is 1. The summed E-state index contributed by atoms with van der Waals surface area (Å²) in [6.07, 6.45) is 4.10. The van der Waals surface area contributed by atoms with Crippen LogP contribution in [-0.2, 0) is 11.2 Å². The molecule has 0 spiro atoms. The maximum absolute atomic E-state index is 13.2. The third-order valence-electron chi connectivity index (χ3n) is 5.34. The molecule has 1 unspecified atom stereocenters. The lowest BCUT2D eigenvalue weighted by atomic mass is 9.92. The van der Waals surface area contributed by atoms with Crippen molar-refractivity contribution in [3.05, 3.63) is 52.8 Å². The molecule has 1 amide bonds. The van der Waals surface area contributed by atoms with Crippen LogP contribution in [0.15, 0.2) is 30.5 Å². The van der Waals surface area contributed by atoms with Gasteiger partial charge in [0, 0.05) is 12.2 Å². The van der Waals surface area contributed by atoms with Crippen LogP contribution >= 0.6 is 0 Å². The Hall–Kier alpha value is -2.63. The topological polar surface area (TPSA) is 75.4 Å². The van der Waals surface area contributed by atoms with E-state index < -0.39 is 12.0 Å². The highest BCUT2D eigenvalue weighted by Crippen LogP contribution is 2.32. The van der Waals surface area contributed by atoms with Crippen LogP contribution in [0, 0.1) is 6.92 Å². The molecule has 6 heteroatoms. The zero-order valence-electron chi connectivity index (χ0n) is 15.5. The van der Waals surface area contributed by atoms with Gasteiger partial charge in [-0.1, -0.05) is 38.1 Å². The summed E-state index contributed by atoms with van der Waals surface area (Å²) in [6, 6.07) is 6.74. The van der Waals surface area contributed by atoms with Crippen LogP contribution in [0.5, 0.6) is 0 Å². The first-order valence-corrected chi connectivity index (χ1v) is 9.15. The first-order chi connectivity index (χ1) is 12.5. The summed E-state index contributed by atoms with van der Waals surface area (Å²) in [4.78, 5) is 26.6. The van der Waals surface area contributed by atoms with Gasteiger partial charge in [0.05, 0.1) is 17.8 Å². The van der Waals surface area contributed by atoms with Gasteiger partial charge in [-0.3, -0.25) is 9.48 Å². The van der Waals surface area contributed by atoms with Crippen molar-refractivity contribution >= 4 is 11.9 Å². The van der Waals surface area contributed by atoms with Crippen molar-refractivity contribution in [2.24, 2.45) is 0 Å². The zero-order valence-corrected chi connectivity index (χ0v) is 15.5. The number of hydrogen-bond acceptors (Lipinski definition) is 3. The van der Waals surface area contributed by atoms with Gasteiger partial charge in [0.1, 0.15) is 0 Å². The van der Waals surface area contributed by atoms with E-state index in [1.807, 2.05) is 29.8 Å². The van der Waals surface area contributed by atoms with E-state index in [1.54, 1.807) is 12.3 Å². The van der Waals surface area contributed by atoms with Crippen molar-refractivity contribution in [3.63, 3.8) is 0 Å². The second kappa shape index (κ2) is 7.32. The molecule has 0 fully saturated rings. The summed E-state index contributed by atoms with van der Waals surface area (Å²) in [5, 5.41) is 14.2. The molecule has 2 aromatic rings. The summed E-state index contributed by atoms with van der Waals surface area (Å²) in [5.74, 6) is -1.27. The highest BCUT2D eigenvalue weighted by atomic mass is 16.4. The van der Waals surface area contributed by atoms with Crippen molar-refractivity contribution < 1.29 is 14.7 Å². The lowest BCUT2D eigenvalue weighted by Gasteiger charge is -2.34. The van der Waals surface area contributed by atoms with E-state index in [0.29, 0.717) is 24.1 Å². The fourth-order valence-electron chi connectivity index (χ4n) is 3.84. The molecule has 1 aromatic heterocycles. The van der Waals surface area contributed by atoms with Gasteiger partial charge in [-0.15, -0.1) is 0 Å². The van der Waals surface area contributed by atoms with E-state index in [1.165, 1.54) is 4.90 Å². The minimum Gasteiger partial charge on any atom is -0.479 e. The lowest BCUT2D eigenvalue weighted by molar-refractivity contribution is -0.143. The quantitative estimate of drug-likeness (QED) is 0.892. The average molecular weight is 355 g/mol. The van der Waals surface area contributed by atoms with E-state index in [0.717, 1.165) is 24.1 Å². The molecule has 26 heavy (non-hydrogen) atoms. The number of rotatable bonds is 5. The van der Waals surface area contributed by atoms with E-state index in [2.05, 4.69) is 18.9 Å². The second-order valence-electron chi connectivity index (χ2n) is 6.75. The third kappa shape index (κ3) is 3.00. The predicted octanol–water partition coefficient (Wildman–Crippen LogP) is 3.38. The number of fused-ring (bicyclic) bond motifs is 1. The van der Waals surface area contributed by atoms with Gasteiger partial charge < -0.3 is 10.0 Å². The van der Waals surface area contributed by atoms with E-state index in [9.17, 15) is 14.7 Å². The van der Waals surface area contributed by atoms with Crippen LogP contribution in [0.4, 0.5) is 0 Å². The molecule has 0 aliphatic carbocycles. The summed E-state index contributed by atoms with van der Waals surface area (Å²) in [5.41, 5.74) is 2.98. The second-order valence-corrected chi connectivity index (χ2v) is 6.75. The predicted molar refractivity (Wildman–Crippen MR) is 98.1 cm³/mol. The van der Waals surface area contributed by atoms with Gasteiger partial charge in [0.2, 0.25) is 0 Å². The molecule has 1 aliphatic rings. The minimum atomic E-state index is -1.00. The molecule has 1 N–H and O–H groups in total. The number of carboxylic acids is 1. The van der Waals surface area contributed by atoms with E-state index in [4.69, 9.17) is 0 Å². The van der Waals surface area contributed by atoms with Crippen LogP contribution in [0.2, 0.25) is 0 Å². The summed E-state index contributed by atoms with van der Waals surface area (Å²) in [6.45, 7) is 6.46. The number of aromatic nitrogens is 2. The average Bonchev–Trinajstić information content (AvgIpc) is 3.02. The Morgan fingerprint density at radius 2 is 1.96 bits per heavy atom. The van der Waals surface area contributed by atoms with Crippen molar-refractivity contribution in [1.29, 1.82) is 0 Å². The molecule has 3 rings (SSSR count). The van der Waals surface area contributed by atoms with Gasteiger partial charge in [0.15, 0.2) is 6.04 Å². The van der Waals surface area contributed by atoms with E-state index >= 15 is 0 Å². The molecule has 2 heterocycles. The largest absolute Gasteiger partial charge is 0.479 e. The molecular formula is C20H25N3O3. The van der Waals surface area contributed by atoms with Gasteiger partial charge in [-0.25, -0.2) is 4.79 Å². The van der Waals surface area contributed by atoms with Crippen molar-refractivity contribution in [1.82, 2.24) is 14.7 Å². The van der Waals surface area contributed by atoms with Crippen LogP contribution < -0.4 is 0 Å². The Balaban J connectivity index is 1.96. The molecule has 0 bridgehead atoms. The Bertz CT molecular complexity index is 823. The van der Waals surface area contributed by atoms with Gasteiger partial charge in [-0.2, -0.15) is 5.10 Å². The van der Waals surface area contributed by atoms with Crippen LogP contribution in [-0.4, -0.2) is 38.2 Å². The summed E-state index contributed by atoms with van der Waals surface area (Å²) < 4.78 is 1.89. The Morgan fingerprint density at radius 1 is 1.27 bits per heavy atom. The molecule has 1 aliphatic heterocycles. The molecular weight excluding hydrogens is 330 g/mol. The fraction of sp³-hybridized carbons (Fsp3) is 0.450. The smallest absolute Gasteiger partial charge is 0.331 e. The number of carbonyl (C=O) groups excluding carboxylic acids is 1. The molecule has 138 valence electrons. The number of amides is 1. The SMILES string of the molecule is CCC(CC)n1ncc(C(=O)N2CCc3ccccc3C2C(=O)O)c1C. The first kappa shape index (κ1) is 18.2. The number of nitrogens with zero attached hydrogens (tertiary/aromatic N) is 3. The molecule has 1 atom stereocenters. The molecule has 0 saturated carbocycles. The number of hydrogen-bond donors (Lipinski definition) is 1. The van der Waals surface area contributed by atoms with Gasteiger partial charge in [-0.05, 0) is 37.3 Å². The molecule has 6 nitrogen and oxygen atoms in total. The highest BCUT2D eigenvalue weighted by Gasteiger charge is 2.37. The lowest BCUT2D eigenvalue weighted by Crippen LogP contribution is -2.43. The third-order valence-corrected chi connectivity index (χ3v) is 5.34. The zero-order chi connectivity index (χ0) is 18.8. The standard InChI is InChI=1S/C20H25N3O3/c1-4-15(5-2)23-13(3)17(12-21-23)19(24)22-11-10-14-8-6-7-9-16(14)18(22)20(25)26/h6-9,12,15,18H,4-5,10-11H2,1-3H3,(H,25,26). The fourth-order valence-corrected chi connectivity index (χ4v) is 3.84. The van der Waals surface area contributed by atoms with E-state index in [-0.39, 0.29) is 11.9 Å². The van der Waals surface area contributed by atoms with Crippen LogP contribution in [0.3, 0.4) is 0 Å². The summed E-state index contributed by atoms with van der Waals surface area (Å²) >= 11 is 0. The molecule has 0 radical (unpaired) electrons. The number of benzene rings is 1. The first-order valence-electron chi connectivity index (χ1n) is 9.15. The molecule has 0 saturated heterocycles. The maximum Gasteiger partial charge on any atom is 0.331 e. The Labute approximate surface area is 153 Å². The van der Waals surface area contributed by atoms with Gasteiger partial charge >= 0.3 is 5.97 Å². The number of carboxylic acid groups (broad SMARTS) is 1. The number of carbonyl (C=O) groups is 2. The summed E-state index contributed by atoms with van der Waals surface area (Å²) in [7, 11) is 0.